The molecule has 3 aromatic carbocycles. The maximum absolute atomic E-state index is 6.11. The largest absolute Gasteiger partial charge is 0.497 e. The number of benzene rings is 3. The minimum absolute atomic E-state index is 0.0210. The van der Waals surface area contributed by atoms with Crippen LogP contribution in [0.1, 0.15) is 53.7 Å². The van der Waals surface area contributed by atoms with E-state index in [1.807, 2.05) is 32.0 Å². The first-order chi connectivity index (χ1) is 14.9. The molecule has 1 N–H and O–H groups in total. The van der Waals surface area contributed by atoms with E-state index in [1.165, 1.54) is 22.3 Å². The van der Waals surface area contributed by atoms with Crippen molar-refractivity contribution < 1.29 is 9.47 Å². The SMILES string of the molecule is COc1ccc(C2=NC(c3ccc(C)cc3)C(c3ccc(C)cc3)N2)c(OC(C)C)c1. The molecule has 2 atom stereocenters. The van der Waals surface area contributed by atoms with Crippen LogP contribution in [0.15, 0.2) is 71.7 Å². The number of nitrogens with zero attached hydrogens (tertiary/aromatic N) is 1. The van der Waals surface area contributed by atoms with Gasteiger partial charge in [-0.05, 0) is 51.0 Å². The van der Waals surface area contributed by atoms with Crippen LogP contribution in [0.4, 0.5) is 0 Å². The van der Waals surface area contributed by atoms with Crippen LogP contribution in [0.2, 0.25) is 0 Å². The van der Waals surface area contributed by atoms with E-state index in [-0.39, 0.29) is 18.2 Å². The summed E-state index contributed by atoms with van der Waals surface area (Å²) >= 11 is 0. The standard InChI is InChI=1S/C27H30N2O2/c1-17(2)31-24-16-22(30-5)14-15-23(24)27-28-25(20-10-6-18(3)7-11-20)26(29-27)21-12-8-19(4)9-13-21/h6-17,25-26H,1-5H3,(H,28,29). The number of hydrogen-bond donors (Lipinski definition) is 1. The molecule has 0 fully saturated rings. The Hall–Kier alpha value is -3.27. The van der Waals surface area contributed by atoms with Crippen LogP contribution in [0, 0.1) is 13.8 Å². The lowest BCUT2D eigenvalue weighted by Crippen LogP contribution is -2.26. The first-order valence-electron chi connectivity index (χ1n) is 10.8. The molecule has 4 rings (SSSR count). The number of amidine groups is 1. The number of hydrogen-bond acceptors (Lipinski definition) is 4. The molecule has 0 aliphatic carbocycles. The highest BCUT2D eigenvalue weighted by Crippen LogP contribution is 2.39. The van der Waals surface area contributed by atoms with Gasteiger partial charge in [-0.3, -0.25) is 4.99 Å². The van der Waals surface area contributed by atoms with Crippen molar-refractivity contribution in [1.82, 2.24) is 5.32 Å². The van der Waals surface area contributed by atoms with Crippen LogP contribution in [-0.4, -0.2) is 19.0 Å². The highest BCUT2D eigenvalue weighted by molar-refractivity contribution is 6.03. The van der Waals surface area contributed by atoms with Crippen molar-refractivity contribution in [3.05, 3.63) is 94.5 Å². The van der Waals surface area contributed by atoms with E-state index in [4.69, 9.17) is 14.5 Å². The first-order valence-corrected chi connectivity index (χ1v) is 10.8. The third-order valence-corrected chi connectivity index (χ3v) is 5.54. The summed E-state index contributed by atoms with van der Waals surface area (Å²) in [6.45, 7) is 8.27. The molecule has 4 nitrogen and oxygen atoms in total. The van der Waals surface area contributed by atoms with Gasteiger partial charge in [-0.15, -0.1) is 0 Å². The lowest BCUT2D eigenvalue weighted by Gasteiger charge is -2.20. The zero-order valence-electron chi connectivity index (χ0n) is 18.8. The van der Waals surface area contributed by atoms with E-state index in [0.717, 1.165) is 22.9 Å². The number of ether oxygens (including phenoxy) is 2. The number of aryl methyl sites for hydroxylation is 2. The molecule has 0 amide bonds. The first kappa shape index (κ1) is 21.0. The van der Waals surface area contributed by atoms with Crippen LogP contribution < -0.4 is 14.8 Å². The molecule has 1 aliphatic rings. The van der Waals surface area contributed by atoms with Crippen molar-refractivity contribution in [1.29, 1.82) is 0 Å². The highest BCUT2D eigenvalue weighted by Gasteiger charge is 2.33. The molecule has 0 spiro atoms. The fraction of sp³-hybridized carbons (Fsp3) is 0.296. The van der Waals surface area contributed by atoms with Gasteiger partial charge in [-0.1, -0.05) is 59.7 Å². The maximum Gasteiger partial charge on any atom is 0.134 e. The molecule has 1 heterocycles. The molecule has 0 aromatic heterocycles. The normalized spacial score (nSPS) is 17.9. The number of nitrogens with one attached hydrogen (secondary N) is 1. The Labute approximate surface area is 184 Å². The van der Waals surface area contributed by atoms with E-state index in [0.29, 0.717) is 0 Å². The van der Waals surface area contributed by atoms with Crippen molar-refractivity contribution in [2.24, 2.45) is 4.99 Å². The lowest BCUT2D eigenvalue weighted by atomic mass is 9.94. The summed E-state index contributed by atoms with van der Waals surface area (Å²) in [6, 6.07) is 23.3. The average Bonchev–Trinajstić information content (AvgIpc) is 3.19. The van der Waals surface area contributed by atoms with Crippen LogP contribution in [0.5, 0.6) is 11.5 Å². The molecule has 0 bridgehead atoms. The summed E-state index contributed by atoms with van der Waals surface area (Å²) in [4.78, 5) is 5.15. The minimum Gasteiger partial charge on any atom is -0.497 e. The average molecular weight is 415 g/mol. The second-order valence-electron chi connectivity index (χ2n) is 8.39. The summed E-state index contributed by atoms with van der Waals surface area (Å²) in [7, 11) is 1.67. The van der Waals surface area contributed by atoms with Gasteiger partial charge in [0.05, 0.1) is 24.8 Å². The molecule has 2 unspecified atom stereocenters. The van der Waals surface area contributed by atoms with Crippen molar-refractivity contribution >= 4 is 5.84 Å². The molecule has 3 aromatic rings. The van der Waals surface area contributed by atoms with Crippen LogP contribution in [-0.2, 0) is 0 Å². The summed E-state index contributed by atoms with van der Waals surface area (Å²) in [5.74, 6) is 2.38. The Morgan fingerprint density at radius 3 is 2.03 bits per heavy atom. The molecule has 0 saturated carbocycles. The summed E-state index contributed by atoms with van der Waals surface area (Å²) < 4.78 is 11.5. The van der Waals surface area contributed by atoms with E-state index < -0.39 is 0 Å². The van der Waals surface area contributed by atoms with E-state index in [2.05, 4.69) is 67.7 Å². The Morgan fingerprint density at radius 1 is 0.839 bits per heavy atom. The Bertz CT molecular complexity index is 1070. The Kier molecular flexibility index (Phi) is 5.99. The topological polar surface area (TPSA) is 42.8 Å². The van der Waals surface area contributed by atoms with Gasteiger partial charge in [0, 0.05) is 6.07 Å². The van der Waals surface area contributed by atoms with Crippen LogP contribution in [0.3, 0.4) is 0 Å². The summed E-state index contributed by atoms with van der Waals surface area (Å²) in [6.07, 6.45) is 0.0497. The molecule has 1 aliphatic heterocycles. The van der Waals surface area contributed by atoms with Gasteiger partial charge in [0.1, 0.15) is 23.4 Å². The fourth-order valence-corrected chi connectivity index (χ4v) is 3.87. The van der Waals surface area contributed by atoms with Crippen molar-refractivity contribution in [3.8, 4) is 11.5 Å². The fourth-order valence-electron chi connectivity index (χ4n) is 3.87. The summed E-state index contributed by atoms with van der Waals surface area (Å²) in [5.41, 5.74) is 5.85. The van der Waals surface area contributed by atoms with Gasteiger partial charge < -0.3 is 14.8 Å². The predicted octanol–water partition coefficient (Wildman–Crippen LogP) is 5.93. The van der Waals surface area contributed by atoms with Gasteiger partial charge in [0.15, 0.2) is 0 Å². The Morgan fingerprint density at radius 2 is 1.45 bits per heavy atom. The third kappa shape index (κ3) is 4.58. The van der Waals surface area contributed by atoms with E-state index in [1.54, 1.807) is 7.11 Å². The third-order valence-electron chi connectivity index (χ3n) is 5.54. The molecule has 160 valence electrons. The van der Waals surface area contributed by atoms with Crippen molar-refractivity contribution in [3.63, 3.8) is 0 Å². The van der Waals surface area contributed by atoms with Crippen molar-refractivity contribution in [2.75, 3.05) is 7.11 Å². The van der Waals surface area contributed by atoms with Crippen molar-refractivity contribution in [2.45, 2.75) is 45.9 Å². The van der Waals surface area contributed by atoms with Gasteiger partial charge in [0.2, 0.25) is 0 Å². The Balaban J connectivity index is 1.77. The van der Waals surface area contributed by atoms with Gasteiger partial charge >= 0.3 is 0 Å². The molecule has 31 heavy (non-hydrogen) atoms. The second kappa shape index (κ2) is 8.84. The maximum atomic E-state index is 6.11. The second-order valence-corrected chi connectivity index (χ2v) is 8.39. The van der Waals surface area contributed by atoms with Crippen LogP contribution in [0.25, 0.3) is 0 Å². The predicted molar refractivity (Wildman–Crippen MR) is 126 cm³/mol. The quantitative estimate of drug-likeness (QED) is 0.543. The molecule has 0 radical (unpaired) electrons. The van der Waals surface area contributed by atoms with Gasteiger partial charge in [0.25, 0.3) is 0 Å². The zero-order chi connectivity index (χ0) is 22.0. The molecule has 4 heteroatoms. The number of methoxy groups -OCH3 is 1. The highest BCUT2D eigenvalue weighted by atomic mass is 16.5. The minimum atomic E-state index is -0.0210. The zero-order valence-corrected chi connectivity index (χ0v) is 18.8. The summed E-state index contributed by atoms with van der Waals surface area (Å²) in [5, 5.41) is 3.69. The van der Waals surface area contributed by atoms with Crippen LogP contribution >= 0.6 is 0 Å². The van der Waals surface area contributed by atoms with E-state index >= 15 is 0 Å². The lowest BCUT2D eigenvalue weighted by molar-refractivity contribution is 0.240. The molecule has 0 saturated heterocycles. The van der Waals surface area contributed by atoms with Gasteiger partial charge in [-0.25, -0.2) is 0 Å². The smallest absolute Gasteiger partial charge is 0.134 e. The number of aliphatic imine (C=N–C) groups is 1. The monoisotopic (exact) mass is 414 g/mol. The molecular formula is C27H30N2O2. The number of rotatable bonds is 6. The van der Waals surface area contributed by atoms with E-state index in [9.17, 15) is 0 Å². The molecular weight excluding hydrogens is 384 g/mol. The van der Waals surface area contributed by atoms with Gasteiger partial charge in [-0.2, -0.15) is 0 Å².